The number of carbonyl (C=O) groups is 1. The zero-order valence-corrected chi connectivity index (χ0v) is 15.5. The van der Waals surface area contributed by atoms with Crippen molar-refractivity contribution in [2.75, 3.05) is 12.4 Å². The Morgan fingerprint density at radius 2 is 1.96 bits per heavy atom. The summed E-state index contributed by atoms with van der Waals surface area (Å²) in [5.74, 6) is 0.577. The van der Waals surface area contributed by atoms with Crippen molar-refractivity contribution >= 4 is 34.8 Å². The molecular formula is C18H18Cl2N2O4. The smallest absolute Gasteiger partial charge is 0.255 e. The third-order valence-electron chi connectivity index (χ3n) is 4.17. The number of aliphatic hydroxyl groups is 1. The van der Waals surface area contributed by atoms with Gasteiger partial charge in [-0.25, -0.2) is 0 Å². The van der Waals surface area contributed by atoms with E-state index < -0.39 is 0 Å². The van der Waals surface area contributed by atoms with Crippen molar-refractivity contribution in [3.63, 3.8) is 0 Å². The fourth-order valence-electron chi connectivity index (χ4n) is 2.83. The van der Waals surface area contributed by atoms with Crippen LogP contribution in [0.2, 0.25) is 10.0 Å². The summed E-state index contributed by atoms with van der Waals surface area (Å²) < 4.78 is 11.2. The summed E-state index contributed by atoms with van der Waals surface area (Å²) in [5, 5.41) is 12.8. The number of aromatic nitrogens is 1. The number of benzene rings is 1. The van der Waals surface area contributed by atoms with Gasteiger partial charge in [0.1, 0.15) is 6.10 Å². The molecule has 1 fully saturated rings. The number of hydrogen-bond donors (Lipinski definition) is 2. The molecule has 1 aromatic heterocycles. The Morgan fingerprint density at radius 3 is 2.58 bits per heavy atom. The zero-order chi connectivity index (χ0) is 18.7. The number of anilines is 1. The Kier molecular flexibility index (Phi) is 5.86. The molecule has 0 spiro atoms. The van der Waals surface area contributed by atoms with E-state index in [9.17, 15) is 9.90 Å². The van der Waals surface area contributed by atoms with Crippen LogP contribution >= 0.6 is 23.2 Å². The Balaban J connectivity index is 1.81. The second-order valence-corrected chi connectivity index (χ2v) is 6.82. The van der Waals surface area contributed by atoms with Gasteiger partial charge in [-0.2, -0.15) is 0 Å². The molecule has 8 heteroatoms. The third-order valence-corrected chi connectivity index (χ3v) is 4.74. The molecule has 0 radical (unpaired) electrons. The molecule has 2 aromatic rings. The first-order valence-corrected chi connectivity index (χ1v) is 8.86. The van der Waals surface area contributed by atoms with Crippen molar-refractivity contribution in [1.29, 1.82) is 0 Å². The van der Waals surface area contributed by atoms with Crippen LogP contribution in [0.3, 0.4) is 0 Å². The Morgan fingerprint density at radius 1 is 1.23 bits per heavy atom. The molecular weight excluding hydrogens is 379 g/mol. The minimum Gasteiger partial charge on any atom is -0.493 e. The van der Waals surface area contributed by atoms with E-state index in [2.05, 4.69) is 10.3 Å². The highest BCUT2D eigenvalue weighted by molar-refractivity contribution is 6.39. The molecule has 0 saturated heterocycles. The molecule has 0 unspecified atom stereocenters. The Bertz CT molecular complexity index is 796. The number of nitrogens with one attached hydrogen (secondary N) is 1. The Hall–Kier alpha value is -2.02. The number of carbonyl (C=O) groups excluding carboxylic acids is 1. The van der Waals surface area contributed by atoms with Crippen LogP contribution in [-0.2, 0) is 0 Å². The van der Waals surface area contributed by atoms with Gasteiger partial charge in [0.2, 0.25) is 0 Å². The fourth-order valence-corrected chi connectivity index (χ4v) is 3.29. The number of pyridine rings is 1. The van der Waals surface area contributed by atoms with E-state index in [0.29, 0.717) is 35.6 Å². The molecule has 3 rings (SSSR count). The van der Waals surface area contributed by atoms with E-state index in [1.807, 2.05) is 0 Å². The van der Waals surface area contributed by atoms with Crippen LogP contribution in [0.5, 0.6) is 11.5 Å². The lowest BCUT2D eigenvalue weighted by atomic mass is 10.1. The van der Waals surface area contributed by atoms with E-state index in [0.717, 1.165) is 6.42 Å². The maximum atomic E-state index is 12.6. The van der Waals surface area contributed by atoms with Crippen molar-refractivity contribution < 1.29 is 19.4 Å². The predicted octanol–water partition coefficient (Wildman–Crippen LogP) is 3.94. The van der Waals surface area contributed by atoms with Crippen LogP contribution < -0.4 is 14.8 Å². The van der Waals surface area contributed by atoms with Gasteiger partial charge in [0.15, 0.2) is 11.5 Å². The number of rotatable bonds is 5. The van der Waals surface area contributed by atoms with Crippen molar-refractivity contribution in [2.24, 2.45) is 0 Å². The number of hydrogen-bond acceptors (Lipinski definition) is 5. The summed E-state index contributed by atoms with van der Waals surface area (Å²) in [7, 11) is 1.53. The highest BCUT2D eigenvalue weighted by Crippen LogP contribution is 2.34. The summed E-state index contributed by atoms with van der Waals surface area (Å²) in [4.78, 5) is 16.4. The van der Waals surface area contributed by atoms with E-state index in [1.165, 1.54) is 19.5 Å². The summed E-state index contributed by atoms with van der Waals surface area (Å²) >= 11 is 12.1. The number of aliphatic hydroxyl groups excluding tert-OH is 1. The SMILES string of the molecule is COc1ccc(C(=O)Nc2c(Cl)cncc2Cl)cc1O[C@H]1CC[C@H](O)C1. The number of halogens is 2. The number of methoxy groups -OCH3 is 1. The minimum atomic E-state index is -0.390. The largest absolute Gasteiger partial charge is 0.493 e. The van der Waals surface area contributed by atoms with Gasteiger partial charge >= 0.3 is 0 Å². The quantitative estimate of drug-likeness (QED) is 0.799. The van der Waals surface area contributed by atoms with Crippen molar-refractivity contribution in [3.05, 3.63) is 46.2 Å². The van der Waals surface area contributed by atoms with Gasteiger partial charge in [0.05, 0.1) is 28.9 Å². The van der Waals surface area contributed by atoms with Crippen LogP contribution in [0.15, 0.2) is 30.6 Å². The number of nitrogens with zero attached hydrogens (tertiary/aromatic N) is 1. The molecule has 2 atom stereocenters. The fraction of sp³-hybridized carbons (Fsp3) is 0.333. The number of ether oxygens (including phenoxy) is 2. The summed E-state index contributed by atoms with van der Waals surface area (Å²) in [5.41, 5.74) is 0.661. The van der Waals surface area contributed by atoms with Gasteiger partial charge < -0.3 is 19.9 Å². The van der Waals surface area contributed by atoms with Crippen molar-refractivity contribution in [3.8, 4) is 11.5 Å². The minimum absolute atomic E-state index is 0.110. The average molecular weight is 397 g/mol. The Labute approximate surface area is 161 Å². The summed E-state index contributed by atoms with van der Waals surface area (Å²) in [6.45, 7) is 0. The molecule has 1 aliphatic rings. The monoisotopic (exact) mass is 396 g/mol. The molecule has 1 heterocycles. The first kappa shape index (κ1) is 18.8. The standard InChI is InChI=1S/C18H18Cl2N2O4/c1-25-15-5-2-10(6-16(15)26-12-4-3-11(23)7-12)18(24)22-17-13(19)8-21-9-14(17)20/h2,5-6,8-9,11-12,23H,3-4,7H2,1H3,(H,21,22,24)/t11-,12-/m0/s1. The molecule has 6 nitrogen and oxygen atoms in total. The lowest BCUT2D eigenvalue weighted by molar-refractivity contribution is 0.102. The van der Waals surface area contributed by atoms with E-state index in [4.69, 9.17) is 32.7 Å². The zero-order valence-electron chi connectivity index (χ0n) is 14.0. The van der Waals surface area contributed by atoms with Crippen LogP contribution in [0.25, 0.3) is 0 Å². The van der Waals surface area contributed by atoms with Crippen LogP contribution in [0.4, 0.5) is 5.69 Å². The van der Waals surface area contributed by atoms with Crippen LogP contribution in [0, 0.1) is 0 Å². The maximum Gasteiger partial charge on any atom is 0.255 e. The lowest BCUT2D eigenvalue weighted by Crippen LogP contribution is -2.16. The molecule has 1 saturated carbocycles. The molecule has 138 valence electrons. The topological polar surface area (TPSA) is 80.7 Å². The summed E-state index contributed by atoms with van der Waals surface area (Å²) in [6, 6.07) is 4.88. The molecule has 26 heavy (non-hydrogen) atoms. The van der Waals surface area contributed by atoms with Gasteiger partial charge in [-0.05, 0) is 31.0 Å². The third kappa shape index (κ3) is 4.20. The van der Waals surface area contributed by atoms with Gasteiger partial charge in [0.25, 0.3) is 5.91 Å². The normalized spacial score (nSPS) is 19.2. The molecule has 2 N–H and O–H groups in total. The average Bonchev–Trinajstić information content (AvgIpc) is 3.03. The first-order chi connectivity index (χ1) is 12.5. The van der Waals surface area contributed by atoms with Gasteiger partial charge in [-0.3, -0.25) is 9.78 Å². The molecule has 0 aliphatic heterocycles. The second-order valence-electron chi connectivity index (χ2n) is 6.00. The summed E-state index contributed by atoms with van der Waals surface area (Å²) in [6.07, 6.45) is 4.35. The second kappa shape index (κ2) is 8.12. The van der Waals surface area contributed by atoms with E-state index >= 15 is 0 Å². The molecule has 1 aliphatic carbocycles. The van der Waals surface area contributed by atoms with Crippen LogP contribution in [-0.4, -0.2) is 35.3 Å². The predicted molar refractivity (Wildman–Crippen MR) is 99.5 cm³/mol. The molecule has 1 amide bonds. The van der Waals surface area contributed by atoms with Crippen molar-refractivity contribution in [2.45, 2.75) is 31.5 Å². The highest BCUT2D eigenvalue weighted by atomic mass is 35.5. The van der Waals surface area contributed by atoms with Gasteiger partial charge in [0, 0.05) is 24.4 Å². The first-order valence-electron chi connectivity index (χ1n) is 8.11. The van der Waals surface area contributed by atoms with Crippen LogP contribution in [0.1, 0.15) is 29.6 Å². The maximum absolute atomic E-state index is 12.6. The van der Waals surface area contributed by atoms with Gasteiger partial charge in [-0.1, -0.05) is 23.2 Å². The highest BCUT2D eigenvalue weighted by Gasteiger charge is 2.25. The van der Waals surface area contributed by atoms with Crippen molar-refractivity contribution in [1.82, 2.24) is 4.98 Å². The van der Waals surface area contributed by atoms with E-state index in [-0.39, 0.29) is 28.2 Å². The lowest BCUT2D eigenvalue weighted by Gasteiger charge is -2.17. The number of amides is 1. The van der Waals surface area contributed by atoms with E-state index in [1.54, 1.807) is 18.2 Å². The molecule has 0 bridgehead atoms. The van der Waals surface area contributed by atoms with Gasteiger partial charge in [-0.15, -0.1) is 0 Å². The molecule has 1 aromatic carbocycles.